The van der Waals surface area contributed by atoms with Gasteiger partial charge >= 0.3 is 0 Å². The zero-order chi connectivity index (χ0) is 18.4. The molecule has 1 amide bonds. The van der Waals surface area contributed by atoms with Crippen molar-refractivity contribution >= 4 is 17.3 Å². The Morgan fingerprint density at radius 1 is 1.35 bits per heavy atom. The molecular formula is C20H25N3O3. The second-order valence-corrected chi connectivity index (χ2v) is 6.60. The maximum Gasteiger partial charge on any atom is 0.253 e. The van der Waals surface area contributed by atoms with Crippen molar-refractivity contribution in [3.8, 4) is 5.75 Å². The fourth-order valence-corrected chi connectivity index (χ4v) is 2.83. The van der Waals surface area contributed by atoms with Gasteiger partial charge < -0.3 is 20.1 Å². The molecule has 1 aliphatic heterocycles. The molecule has 0 spiro atoms. The van der Waals surface area contributed by atoms with Gasteiger partial charge in [-0.3, -0.25) is 9.78 Å². The Kier molecular flexibility index (Phi) is 6.07. The Balaban J connectivity index is 1.66. The summed E-state index contributed by atoms with van der Waals surface area (Å²) in [6, 6.07) is 9.48. The number of amides is 1. The van der Waals surface area contributed by atoms with E-state index in [0.717, 1.165) is 36.6 Å². The van der Waals surface area contributed by atoms with Crippen LogP contribution in [0.25, 0.3) is 0 Å². The summed E-state index contributed by atoms with van der Waals surface area (Å²) < 4.78 is 11.3. The van der Waals surface area contributed by atoms with E-state index in [1.807, 2.05) is 38.1 Å². The van der Waals surface area contributed by atoms with E-state index >= 15 is 0 Å². The minimum absolute atomic E-state index is 0.0750. The van der Waals surface area contributed by atoms with E-state index in [-0.39, 0.29) is 18.1 Å². The lowest BCUT2D eigenvalue weighted by Gasteiger charge is -2.16. The first-order valence-electron chi connectivity index (χ1n) is 8.99. The van der Waals surface area contributed by atoms with E-state index in [4.69, 9.17) is 9.47 Å². The average Bonchev–Trinajstić information content (AvgIpc) is 3.15. The van der Waals surface area contributed by atoms with Crippen molar-refractivity contribution in [1.82, 2.24) is 10.3 Å². The van der Waals surface area contributed by atoms with Crippen molar-refractivity contribution in [3.05, 3.63) is 48.3 Å². The Morgan fingerprint density at radius 3 is 2.96 bits per heavy atom. The number of carbonyl (C=O) groups excluding carboxylic acids is 1. The highest BCUT2D eigenvalue weighted by atomic mass is 16.5. The van der Waals surface area contributed by atoms with Gasteiger partial charge in [-0.15, -0.1) is 0 Å². The second kappa shape index (κ2) is 8.67. The molecule has 0 bridgehead atoms. The van der Waals surface area contributed by atoms with Crippen LogP contribution in [0.3, 0.4) is 0 Å². The maximum absolute atomic E-state index is 12.4. The van der Waals surface area contributed by atoms with Crippen LogP contribution in [0.5, 0.6) is 5.75 Å². The smallest absolute Gasteiger partial charge is 0.253 e. The van der Waals surface area contributed by atoms with Gasteiger partial charge in [0.15, 0.2) is 0 Å². The largest absolute Gasteiger partial charge is 0.489 e. The van der Waals surface area contributed by atoms with Crippen LogP contribution < -0.4 is 15.4 Å². The summed E-state index contributed by atoms with van der Waals surface area (Å²) in [5.74, 6) is 0.610. The Labute approximate surface area is 153 Å². The molecule has 1 atom stereocenters. The number of pyridine rings is 1. The molecule has 6 heteroatoms. The summed E-state index contributed by atoms with van der Waals surface area (Å²) in [4.78, 5) is 16.5. The van der Waals surface area contributed by atoms with Crippen LogP contribution in [0.1, 0.15) is 37.0 Å². The topological polar surface area (TPSA) is 72.5 Å². The summed E-state index contributed by atoms with van der Waals surface area (Å²) in [6.07, 6.45) is 5.49. The molecule has 26 heavy (non-hydrogen) atoms. The number of nitrogens with one attached hydrogen (secondary N) is 2. The number of nitrogens with zero attached hydrogens (tertiary/aromatic N) is 1. The molecule has 1 aromatic heterocycles. The van der Waals surface area contributed by atoms with E-state index in [9.17, 15) is 4.79 Å². The van der Waals surface area contributed by atoms with Crippen molar-refractivity contribution in [2.75, 3.05) is 18.5 Å². The van der Waals surface area contributed by atoms with Crippen LogP contribution in [0, 0.1) is 0 Å². The molecule has 2 aromatic rings. The number of hydrogen-bond donors (Lipinski definition) is 2. The molecule has 1 saturated heterocycles. The number of hydrogen-bond acceptors (Lipinski definition) is 5. The minimum Gasteiger partial charge on any atom is -0.489 e. The van der Waals surface area contributed by atoms with Gasteiger partial charge in [0.2, 0.25) is 0 Å². The molecule has 1 fully saturated rings. The standard InChI is InChI=1S/C20H25N3O3/c1-14(2)26-19-8-4-3-7-18(19)23-16-10-15(11-21-12-16)20(24)22-13-17-6-5-9-25-17/h3-4,7-8,10-12,14,17,23H,5-6,9,13H2,1-2H3,(H,22,24). The third-order valence-corrected chi connectivity index (χ3v) is 4.04. The Morgan fingerprint density at radius 2 is 2.19 bits per heavy atom. The number of ether oxygens (including phenoxy) is 2. The summed E-state index contributed by atoms with van der Waals surface area (Å²) in [6.45, 7) is 5.27. The van der Waals surface area contributed by atoms with E-state index in [1.54, 1.807) is 18.5 Å². The summed E-state index contributed by atoms with van der Waals surface area (Å²) in [7, 11) is 0. The van der Waals surface area contributed by atoms with Gasteiger partial charge in [0.05, 0.1) is 35.3 Å². The van der Waals surface area contributed by atoms with Gasteiger partial charge in [0.1, 0.15) is 5.75 Å². The molecule has 0 aliphatic carbocycles. The zero-order valence-corrected chi connectivity index (χ0v) is 15.2. The maximum atomic E-state index is 12.4. The molecule has 6 nitrogen and oxygen atoms in total. The Bertz CT molecular complexity index is 743. The molecule has 138 valence electrons. The van der Waals surface area contributed by atoms with E-state index in [2.05, 4.69) is 15.6 Å². The Hall–Kier alpha value is -2.60. The molecule has 1 unspecified atom stereocenters. The highest BCUT2D eigenvalue weighted by Gasteiger charge is 2.17. The second-order valence-electron chi connectivity index (χ2n) is 6.60. The predicted octanol–water partition coefficient (Wildman–Crippen LogP) is 3.52. The zero-order valence-electron chi connectivity index (χ0n) is 15.2. The highest BCUT2D eigenvalue weighted by Crippen LogP contribution is 2.28. The van der Waals surface area contributed by atoms with Gasteiger partial charge in [-0.25, -0.2) is 0 Å². The first-order chi connectivity index (χ1) is 12.6. The van der Waals surface area contributed by atoms with Crippen molar-refractivity contribution in [1.29, 1.82) is 0 Å². The molecule has 2 N–H and O–H groups in total. The van der Waals surface area contributed by atoms with Crippen molar-refractivity contribution in [2.45, 2.75) is 38.9 Å². The third-order valence-electron chi connectivity index (χ3n) is 4.04. The van der Waals surface area contributed by atoms with Gasteiger partial charge in [-0.05, 0) is 44.9 Å². The minimum atomic E-state index is -0.150. The van der Waals surface area contributed by atoms with Crippen molar-refractivity contribution in [3.63, 3.8) is 0 Å². The van der Waals surface area contributed by atoms with Crippen LogP contribution in [-0.4, -0.2) is 36.3 Å². The molecule has 1 aliphatic rings. The van der Waals surface area contributed by atoms with E-state index < -0.39 is 0 Å². The first-order valence-corrected chi connectivity index (χ1v) is 8.99. The van der Waals surface area contributed by atoms with E-state index in [0.29, 0.717) is 12.1 Å². The highest BCUT2D eigenvalue weighted by molar-refractivity contribution is 5.94. The summed E-state index contributed by atoms with van der Waals surface area (Å²) in [5, 5.41) is 6.19. The van der Waals surface area contributed by atoms with Crippen LogP contribution in [0.4, 0.5) is 11.4 Å². The number of rotatable bonds is 7. The SMILES string of the molecule is CC(C)Oc1ccccc1Nc1cncc(C(=O)NCC2CCCO2)c1. The number of benzene rings is 1. The van der Waals surface area contributed by atoms with Gasteiger partial charge in [-0.1, -0.05) is 12.1 Å². The fourth-order valence-electron chi connectivity index (χ4n) is 2.83. The van der Waals surface area contributed by atoms with Crippen LogP contribution >= 0.6 is 0 Å². The normalized spacial score (nSPS) is 16.5. The molecular weight excluding hydrogens is 330 g/mol. The molecule has 0 radical (unpaired) electrons. The fraction of sp³-hybridized carbons (Fsp3) is 0.400. The van der Waals surface area contributed by atoms with Crippen molar-refractivity contribution in [2.24, 2.45) is 0 Å². The monoisotopic (exact) mass is 355 g/mol. The van der Waals surface area contributed by atoms with Crippen molar-refractivity contribution < 1.29 is 14.3 Å². The van der Waals surface area contributed by atoms with E-state index in [1.165, 1.54) is 0 Å². The molecule has 1 aromatic carbocycles. The lowest BCUT2D eigenvalue weighted by atomic mass is 10.2. The molecule has 2 heterocycles. The quantitative estimate of drug-likeness (QED) is 0.795. The van der Waals surface area contributed by atoms with Gasteiger partial charge in [0.25, 0.3) is 5.91 Å². The predicted molar refractivity (Wildman–Crippen MR) is 101 cm³/mol. The number of carbonyl (C=O) groups is 1. The first kappa shape index (κ1) is 18.2. The lowest BCUT2D eigenvalue weighted by Crippen LogP contribution is -2.31. The number of anilines is 2. The lowest BCUT2D eigenvalue weighted by molar-refractivity contribution is 0.0857. The average molecular weight is 355 g/mol. The summed E-state index contributed by atoms with van der Waals surface area (Å²) in [5.41, 5.74) is 2.07. The molecule has 3 rings (SSSR count). The molecule has 0 saturated carbocycles. The van der Waals surface area contributed by atoms with Crippen LogP contribution in [0.2, 0.25) is 0 Å². The summed E-state index contributed by atoms with van der Waals surface area (Å²) >= 11 is 0. The number of para-hydroxylation sites is 2. The van der Waals surface area contributed by atoms with Gasteiger partial charge in [0, 0.05) is 19.3 Å². The third kappa shape index (κ3) is 4.95. The number of aromatic nitrogens is 1. The van der Waals surface area contributed by atoms with Gasteiger partial charge in [-0.2, -0.15) is 0 Å². The van der Waals surface area contributed by atoms with Crippen LogP contribution in [-0.2, 0) is 4.74 Å². The van der Waals surface area contributed by atoms with Crippen LogP contribution in [0.15, 0.2) is 42.7 Å².